The summed E-state index contributed by atoms with van der Waals surface area (Å²) < 4.78 is 0. The van der Waals surface area contributed by atoms with Gasteiger partial charge >= 0.3 is 0 Å². The highest BCUT2D eigenvalue weighted by Crippen LogP contribution is 2.11. The van der Waals surface area contributed by atoms with E-state index in [1.807, 2.05) is 6.92 Å². The quantitative estimate of drug-likeness (QED) is 0.367. The molecule has 0 spiro atoms. The first-order valence-electron chi connectivity index (χ1n) is 7.38. The van der Waals surface area contributed by atoms with Gasteiger partial charge in [0.1, 0.15) is 0 Å². The second-order valence-electron chi connectivity index (χ2n) is 5.03. The number of nitrogens with zero attached hydrogens (tertiary/aromatic N) is 2. The molecule has 1 aromatic heterocycles. The van der Waals surface area contributed by atoms with Crippen molar-refractivity contribution in [2.24, 2.45) is 4.99 Å². The van der Waals surface area contributed by atoms with E-state index in [1.54, 1.807) is 11.3 Å². The second kappa shape index (κ2) is 8.04. The van der Waals surface area contributed by atoms with Crippen LogP contribution in [0, 0.1) is 6.92 Å². The number of guanidine groups is 1. The van der Waals surface area contributed by atoms with Crippen LogP contribution < -0.4 is 10.6 Å². The molecule has 20 heavy (non-hydrogen) atoms. The Morgan fingerprint density at radius 1 is 1.45 bits per heavy atom. The van der Waals surface area contributed by atoms with Crippen LogP contribution in [0.4, 0.5) is 0 Å². The van der Waals surface area contributed by atoms with E-state index in [4.69, 9.17) is 0 Å². The van der Waals surface area contributed by atoms with Gasteiger partial charge in [0.2, 0.25) is 0 Å². The third-order valence-corrected chi connectivity index (χ3v) is 4.20. The molecule has 2 N–H and O–H groups in total. The highest BCUT2D eigenvalue weighted by Gasteiger charge is 2.11. The molecule has 0 saturated heterocycles. The summed E-state index contributed by atoms with van der Waals surface area (Å²) in [6.45, 7) is 5.88. The highest BCUT2D eigenvalue weighted by molar-refractivity contribution is 7.09. The minimum Gasteiger partial charge on any atom is -0.357 e. The highest BCUT2D eigenvalue weighted by atomic mass is 32.1. The average Bonchev–Trinajstić information content (AvgIpc) is 3.06. The maximum absolute atomic E-state index is 4.64. The Balaban J connectivity index is 1.73. The molecular formula is C15H24N4S. The lowest BCUT2D eigenvalue weighted by Crippen LogP contribution is -2.42. The molecule has 0 aliphatic heterocycles. The number of thiazole rings is 1. The van der Waals surface area contributed by atoms with Gasteiger partial charge in [0.25, 0.3) is 0 Å². The van der Waals surface area contributed by atoms with Crippen molar-refractivity contribution < 1.29 is 0 Å². The van der Waals surface area contributed by atoms with Crippen molar-refractivity contribution in [1.29, 1.82) is 0 Å². The summed E-state index contributed by atoms with van der Waals surface area (Å²) in [6, 6.07) is 0.509. The molecule has 0 fully saturated rings. The smallest absolute Gasteiger partial charge is 0.191 e. The summed E-state index contributed by atoms with van der Waals surface area (Å²) in [5, 5.41) is 10.1. The number of aliphatic imine (C=N–C) groups is 1. The maximum Gasteiger partial charge on any atom is 0.191 e. The van der Waals surface area contributed by atoms with Gasteiger partial charge in [-0.1, -0.05) is 12.2 Å². The largest absolute Gasteiger partial charge is 0.357 e. The summed E-state index contributed by atoms with van der Waals surface area (Å²) in [6.07, 6.45) is 8.72. The second-order valence-corrected chi connectivity index (χ2v) is 5.97. The van der Waals surface area contributed by atoms with Gasteiger partial charge in [0.05, 0.1) is 5.01 Å². The Morgan fingerprint density at radius 3 is 2.90 bits per heavy atom. The van der Waals surface area contributed by atoms with Gasteiger partial charge in [-0.05, 0) is 33.1 Å². The van der Waals surface area contributed by atoms with Crippen LogP contribution in [-0.2, 0) is 6.42 Å². The van der Waals surface area contributed by atoms with Crippen molar-refractivity contribution >= 4 is 17.3 Å². The van der Waals surface area contributed by atoms with Crippen molar-refractivity contribution in [2.45, 2.75) is 45.6 Å². The van der Waals surface area contributed by atoms with Crippen LogP contribution in [0.15, 0.2) is 22.5 Å². The van der Waals surface area contributed by atoms with Crippen LogP contribution in [0.5, 0.6) is 0 Å². The fourth-order valence-corrected chi connectivity index (χ4v) is 3.01. The molecule has 0 amide bonds. The van der Waals surface area contributed by atoms with Crippen molar-refractivity contribution in [3.63, 3.8) is 0 Å². The lowest BCUT2D eigenvalue weighted by atomic mass is 10.2. The fraction of sp³-hybridized carbons (Fsp3) is 0.600. The molecule has 0 aromatic carbocycles. The Morgan fingerprint density at radius 2 is 2.25 bits per heavy atom. The first-order valence-corrected chi connectivity index (χ1v) is 8.26. The number of aromatic nitrogens is 1. The van der Waals surface area contributed by atoms with Gasteiger partial charge in [-0.15, -0.1) is 11.3 Å². The molecule has 0 atom stereocenters. The van der Waals surface area contributed by atoms with E-state index in [9.17, 15) is 0 Å². The van der Waals surface area contributed by atoms with Gasteiger partial charge in [0, 0.05) is 36.6 Å². The molecule has 0 radical (unpaired) electrons. The normalized spacial score (nSPS) is 15.8. The first-order chi connectivity index (χ1) is 9.78. The Hall–Kier alpha value is -1.36. The molecule has 1 aliphatic rings. The van der Waals surface area contributed by atoms with E-state index in [0.717, 1.165) is 50.4 Å². The van der Waals surface area contributed by atoms with Gasteiger partial charge < -0.3 is 10.6 Å². The summed E-state index contributed by atoms with van der Waals surface area (Å²) >= 11 is 1.75. The number of aryl methyl sites for hydroxylation is 2. The van der Waals surface area contributed by atoms with Crippen LogP contribution in [0.25, 0.3) is 0 Å². The lowest BCUT2D eigenvalue weighted by molar-refractivity contribution is 0.632. The van der Waals surface area contributed by atoms with Crippen LogP contribution >= 0.6 is 11.3 Å². The van der Waals surface area contributed by atoms with E-state index >= 15 is 0 Å². The monoisotopic (exact) mass is 292 g/mol. The number of hydrogen-bond donors (Lipinski definition) is 2. The van der Waals surface area contributed by atoms with Crippen LogP contribution in [-0.4, -0.2) is 30.1 Å². The first kappa shape index (κ1) is 15.0. The Bertz CT molecular complexity index is 456. The van der Waals surface area contributed by atoms with E-state index in [1.165, 1.54) is 5.01 Å². The van der Waals surface area contributed by atoms with Gasteiger partial charge in [-0.3, -0.25) is 4.99 Å². The minimum absolute atomic E-state index is 0.509. The van der Waals surface area contributed by atoms with Crippen molar-refractivity contribution in [3.8, 4) is 0 Å². The van der Waals surface area contributed by atoms with Crippen molar-refractivity contribution in [3.05, 3.63) is 28.2 Å². The molecule has 1 aromatic rings. The fourth-order valence-electron chi connectivity index (χ4n) is 2.19. The molecule has 0 saturated carbocycles. The van der Waals surface area contributed by atoms with Crippen LogP contribution in [0.3, 0.4) is 0 Å². The summed E-state index contributed by atoms with van der Waals surface area (Å²) in [5.74, 6) is 0.941. The zero-order valence-electron chi connectivity index (χ0n) is 12.4. The summed E-state index contributed by atoms with van der Waals surface area (Å²) in [4.78, 5) is 9.12. The summed E-state index contributed by atoms with van der Waals surface area (Å²) in [5.41, 5.74) is 1.12. The van der Waals surface area contributed by atoms with E-state index in [2.05, 4.69) is 45.1 Å². The number of hydrogen-bond acceptors (Lipinski definition) is 3. The SMILES string of the molecule is CCNC(=NCCCc1nc(C)cs1)NC1CC=CC1. The average molecular weight is 292 g/mol. The van der Waals surface area contributed by atoms with E-state index in [0.29, 0.717) is 6.04 Å². The molecule has 110 valence electrons. The molecule has 4 nitrogen and oxygen atoms in total. The molecule has 2 rings (SSSR count). The zero-order valence-corrected chi connectivity index (χ0v) is 13.2. The van der Waals surface area contributed by atoms with Crippen LogP contribution in [0.1, 0.15) is 36.9 Å². The third-order valence-electron chi connectivity index (χ3n) is 3.18. The predicted octanol–water partition coefficient (Wildman–Crippen LogP) is 2.66. The van der Waals surface area contributed by atoms with Crippen molar-refractivity contribution in [2.75, 3.05) is 13.1 Å². The van der Waals surface area contributed by atoms with Crippen molar-refractivity contribution in [1.82, 2.24) is 15.6 Å². The Labute approximate surface area is 125 Å². The molecule has 5 heteroatoms. The molecule has 0 unspecified atom stereocenters. The van der Waals surface area contributed by atoms with E-state index in [-0.39, 0.29) is 0 Å². The predicted molar refractivity (Wildman–Crippen MR) is 86.4 cm³/mol. The summed E-state index contributed by atoms with van der Waals surface area (Å²) in [7, 11) is 0. The van der Waals surface area contributed by atoms with Gasteiger partial charge in [-0.25, -0.2) is 4.98 Å². The zero-order chi connectivity index (χ0) is 14.2. The molecular weight excluding hydrogens is 268 g/mol. The van der Waals surface area contributed by atoms with Crippen LogP contribution in [0.2, 0.25) is 0 Å². The van der Waals surface area contributed by atoms with E-state index < -0.39 is 0 Å². The number of nitrogens with one attached hydrogen (secondary N) is 2. The number of rotatable bonds is 6. The standard InChI is InChI=1S/C15H24N4S/c1-3-16-15(19-13-7-4-5-8-13)17-10-6-9-14-18-12(2)11-20-14/h4-5,11,13H,3,6-10H2,1-2H3,(H2,16,17,19). The molecule has 1 heterocycles. The maximum atomic E-state index is 4.64. The van der Waals surface area contributed by atoms with Gasteiger partial charge in [0.15, 0.2) is 5.96 Å². The molecule has 1 aliphatic carbocycles. The van der Waals surface area contributed by atoms with Gasteiger partial charge in [-0.2, -0.15) is 0 Å². The third kappa shape index (κ3) is 4.96. The minimum atomic E-state index is 0.509. The topological polar surface area (TPSA) is 49.3 Å². The lowest BCUT2D eigenvalue weighted by Gasteiger charge is -2.16. The molecule has 0 bridgehead atoms. The Kier molecular flexibility index (Phi) is 6.05.